The van der Waals surface area contributed by atoms with Crippen molar-refractivity contribution in [3.63, 3.8) is 0 Å². The predicted molar refractivity (Wildman–Crippen MR) is 143 cm³/mol. The van der Waals surface area contributed by atoms with Crippen LogP contribution >= 0.6 is 11.8 Å². The van der Waals surface area contributed by atoms with E-state index >= 15 is 0 Å². The molecule has 1 aromatic rings. The summed E-state index contributed by atoms with van der Waals surface area (Å²) in [6.07, 6.45) is 16.4. The highest BCUT2D eigenvalue weighted by Gasteiger charge is 2.02. The predicted octanol–water partition coefficient (Wildman–Crippen LogP) is 8.98. The Morgan fingerprint density at radius 2 is 1.36 bits per heavy atom. The molecule has 0 heterocycles. The maximum absolute atomic E-state index is 5.48. The van der Waals surface area contributed by atoms with Crippen LogP contribution in [0.15, 0.2) is 75.8 Å². The molecule has 0 saturated carbocycles. The van der Waals surface area contributed by atoms with Crippen molar-refractivity contribution >= 4 is 11.8 Å². The lowest BCUT2D eigenvalue weighted by Crippen LogP contribution is -2.00. The highest BCUT2D eigenvalue weighted by molar-refractivity contribution is 7.99. The zero-order valence-electron chi connectivity index (χ0n) is 21.6. The third-order valence-corrected chi connectivity index (χ3v) is 6.35. The van der Waals surface area contributed by atoms with Gasteiger partial charge in [0.25, 0.3) is 0 Å². The normalized spacial score (nSPS) is 12.8. The maximum Gasteiger partial charge on any atom is 0.181 e. The average Bonchev–Trinajstić information content (AvgIpc) is 2.77. The van der Waals surface area contributed by atoms with Crippen LogP contribution < -0.4 is 0 Å². The zero-order chi connectivity index (χ0) is 24.3. The summed E-state index contributed by atoms with van der Waals surface area (Å²) < 4.78 is 5.48. The molecule has 4 heteroatoms. The minimum absolute atomic E-state index is 0.133. The van der Waals surface area contributed by atoms with Crippen LogP contribution in [0.4, 0.5) is 0 Å². The van der Waals surface area contributed by atoms with E-state index in [1.54, 1.807) is 0 Å². The van der Waals surface area contributed by atoms with E-state index in [4.69, 9.17) is 9.62 Å². The first-order chi connectivity index (χ1) is 15.9. The van der Waals surface area contributed by atoms with Crippen LogP contribution in [0.2, 0.25) is 0 Å². The van der Waals surface area contributed by atoms with Crippen LogP contribution in [0, 0.1) is 0 Å². The van der Waals surface area contributed by atoms with Crippen LogP contribution in [0.25, 0.3) is 0 Å². The van der Waals surface area contributed by atoms with Crippen LogP contribution in [0.1, 0.15) is 78.7 Å². The SMILES string of the molecule is COOCOCc1ccccc1SC/C=C(\C)CC/C=C(\C)CC/C=C(\C)CCC=C(C)C. The number of benzene rings is 1. The number of hydrogen-bond acceptors (Lipinski definition) is 4. The van der Waals surface area contributed by atoms with Crippen LogP contribution in [0.3, 0.4) is 0 Å². The van der Waals surface area contributed by atoms with Gasteiger partial charge in [-0.25, -0.2) is 9.78 Å². The monoisotopic (exact) mass is 472 g/mol. The first kappa shape index (κ1) is 29.4. The summed E-state index contributed by atoms with van der Waals surface area (Å²) in [7, 11) is 1.48. The number of rotatable bonds is 17. The highest BCUT2D eigenvalue weighted by atomic mass is 32.2. The molecule has 0 amide bonds. The van der Waals surface area contributed by atoms with Gasteiger partial charge in [0.2, 0.25) is 0 Å². The van der Waals surface area contributed by atoms with E-state index in [1.165, 1.54) is 46.3 Å². The lowest BCUT2D eigenvalue weighted by Gasteiger charge is -2.09. The van der Waals surface area contributed by atoms with Crippen LogP contribution in [-0.4, -0.2) is 19.7 Å². The molecule has 0 saturated heterocycles. The van der Waals surface area contributed by atoms with Gasteiger partial charge in [-0.1, -0.05) is 64.8 Å². The van der Waals surface area contributed by atoms with Crippen molar-refractivity contribution < 1.29 is 14.5 Å². The molecule has 3 nitrogen and oxygen atoms in total. The highest BCUT2D eigenvalue weighted by Crippen LogP contribution is 2.24. The van der Waals surface area contributed by atoms with Crippen molar-refractivity contribution in [2.75, 3.05) is 19.7 Å². The standard InChI is InChI=1S/C29H44O3S/c1-24(2)12-9-13-25(3)14-10-15-26(4)16-11-17-27(5)20-21-33-29-19-8-7-18-28(29)22-31-23-32-30-6/h7-8,12,14,16,18-20H,9-11,13,15,17,21-23H2,1-6H3/b25-14+,26-16+,27-20+. The van der Waals surface area contributed by atoms with Gasteiger partial charge in [-0.05, 0) is 84.8 Å². The molecule has 1 rings (SSSR count). The van der Waals surface area contributed by atoms with Crippen molar-refractivity contribution in [3.8, 4) is 0 Å². The maximum atomic E-state index is 5.48. The average molecular weight is 473 g/mol. The fourth-order valence-corrected chi connectivity index (χ4v) is 4.29. The molecule has 184 valence electrons. The topological polar surface area (TPSA) is 27.7 Å². The summed E-state index contributed by atoms with van der Waals surface area (Å²) in [6, 6.07) is 8.35. The molecule has 33 heavy (non-hydrogen) atoms. The summed E-state index contributed by atoms with van der Waals surface area (Å²) in [5.41, 5.74) is 7.04. The Balaban J connectivity index is 2.33. The van der Waals surface area contributed by atoms with Crippen LogP contribution in [0.5, 0.6) is 0 Å². The fraction of sp³-hybridized carbons (Fsp3) is 0.517. The molecular formula is C29H44O3S. The number of allylic oxidation sites excluding steroid dienone is 7. The van der Waals surface area contributed by atoms with Gasteiger partial charge in [-0.2, -0.15) is 0 Å². The summed E-state index contributed by atoms with van der Waals surface area (Å²) >= 11 is 1.85. The molecule has 0 aromatic heterocycles. The quantitative estimate of drug-likeness (QED) is 0.0564. The van der Waals surface area contributed by atoms with Gasteiger partial charge in [0.15, 0.2) is 6.79 Å². The molecule has 0 atom stereocenters. The second kappa shape index (κ2) is 18.8. The van der Waals surface area contributed by atoms with Crippen molar-refractivity contribution in [3.05, 3.63) is 76.4 Å². The second-order valence-corrected chi connectivity index (χ2v) is 9.78. The Morgan fingerprint density at radius 3 is 1.97 bits per heavy atom. The minimum Gasteiger partial charge on any atom is -0.348 e. The zero-order valence-corrected chi connectivity index (χ0v) is 22.4. The Bertz CT molecular complexity index is 786. The number of ether oxygens (including phenoxy) is 1. The van der Waals surface area contributed by atoms with Gasteiger partial charge < -0.3 is 4.74 Å². The molecule has 0 radical (unpaired) electrons. The van der Waals surface area contributed by atoms with Gasteiger partial charge in [0, 0.05) is 10.6 Å². The largest absolute Gasteiger partial charge is 0.348 e. The van der Waals surface area contributed by atoms with E-state index in [0.717, 1.165) is 37.9 Å². The Labute approximate surface area is 206 Å². The molecule has 0 aliphatic carbocycles. The lowest BCUT2D eigenvalue weighted by atomic mass is 10.0. The summed E-state index contributed by atoms with van der Waals surface area (Å²) in [5, 5.41) is 0. The minimum atomic E-state index is 0.133. The number of thioether (sulfide) groups is 1. The molecule has 0 N–H and O–H groups in total. The Kier molecular flexibility index (Phi) is 16.8. The van der Waals surface area contributed by atoms with Gasteiger partial charge >= 0.3 is 0 Å². The molecular weight excluding hydrogens is 428 g/mol. The Morgan fingerprint density at radius 1 is 0.788 bits per heavy atom. The molecule has 0 aliphatic rings. The van der Waals surface area contributed by atoms with Crippen molar-refractivity contribution in [1.29, 1.82) is 0 Å². The van der Waals surface area contributed by atoms with E-state index in [1.807, 2.05) is 17.8 Å². The van der Waals surface area contributed by atoms with Gasteiger partial charge in [0.1, 0.15) is 0 Å². The van der Waals surface area contributed by atoms with Crippen molar-refractivity contribution in [1.82, 2.24) is 0 Å². The van der Waals surface area contributed by atoms with Gasteiger partial charge in [0.05, 0.1) is 13.7 Å². The van der Waals surface area contributed by atoms with E-state index in [-0.39, 0.29) is 6.79 Å². The molecule has 0 spiro atoms. The smallest absolute Gasteiger partial charge is 0.181 e. The van der Waals surface area contributed by atoms with E-state index in [9.17, 15) is 0 Å². The van der Waals surface area contributed by atoms with E-state index < -0.39 is 0 Å². The van der Waals surface area contributed by atoms with E-state index in [0.29, 0.717) is 6.61 Å². The van der Waals surface area contributed by atoms with Crippen molar-refractivity contribution in [2.45, 2.75) is 84.6 Å². The summed E-state index contributed by atoms with van der Waals surface area (Å²) in [6.45, 7) is 11.7. The first-order valence-electron chi connectivity index (χ1n) is 12.0. The third-order valence-electron chi connectivity index (χ3n) is 5.30. The third kappa shape index (κ3) is 15.8. The number of hydrogen-bond donors (Lipinski definition) is 0. The second-order valence-electron chi connectivity index (χ2n) is 8.72. The van der Waals surface area contributed by atoms with Crippen LogP contribution in [-0.2, 0) is 21.1 Å². The fourth-order valence-electron chi connectivity index (χ4n) is 3.26. The summed E-state index contributed by atoms with van der Waals surface area (Å²) in [4.78, 5) is 10.6. The van der Waals surface area contributed by atoms with Crippen molar-refractivity contribution in [2.24, 2.45) is 0 Å². The molecule has 1 aromatic carbocycles. The Hall–Kier alpha value is -1.59. The van der Waals surface area contributed by atoms with E-state index in [2.05, 4.69) is 82.0 Å². The summed E-state index contributed by atoms with van der Waals surface area (Å²) in [5.74, 6) is 0.969. The first-order valence-corrected chi connectivity index (χ1v) is 12.9. The molecule has 0 unspecified atom stereocenters. The lowest BCUT2D eigenvalue weighted by molar-refractivity contribution is -0.320. The van der Waals surface area contributed by atoms with Gasteiger partial charge in [-0.3, -0.25) is 0 Å². The molecule has 0 fully saturated rings. The molecule has 0 aliphatic heterocycles. The molecule has 0 bridgehead atoms. The van der Waals surface area contributed by atoms with Gasteiger partial charge in [-0.15, -0.1) is 11.8 Å².